The Labute approximate surface area is 107 Å². The van der Waals surface area contributed by atoms with Crippen molar-refractivity contribution < 1.29 is 4.79 Å². The van der Waals surface area contributed by atoms with Gasteiger partial charge in [-0.05, 0) is 19.9 Å². The van der Waals surface area contributed by atoms with Gasteiger partial charge in [-0.15, -0.1) is 0 Å². The van der Waals surface area contributed by atoms with Crippen LogP contribution >= 0.6 is 0 Å². The van der Waals surface area contributed by atoms with Crippen LogP contribution in [0.2, 0.25) is 0 Å². The van der Waals surface area contributed by atoms with Crippen molar-refractivity contribution in [2.24, 2.45) is 0 Å². The smallest absolute Gasteiger partial charge is 0.317 e. The molecule has 1 aromatic rings. The van der Waals surface area contributed by atoms with Crippen molar-refractivity contribution in [2.75, 3.05) is 26.2 Å². The van der Waals surface area contributed by atoms with Gasteiger partial charge in [0.25, 0.3) is 0 Å². The van der Waals surface area contributed by atoms with Crippen LogP contribution in [-0.2, 0) is 6.54 Å². The number of carbonyl (C=O) groups excluding carboxylic acids is 1. The summed E-state index contributed by atoms with van der Waals surface area (Å²) in [5.41, 5.74) is 0.921. The summed E-state index contributed by atoms with van der Waals surface area (Å²) >= 11 is 0. The maximum absolute atomic E-state index is 11.9. The normalized spacial score (nSPS) is 17.2. The van der Waals surface area contributed by atoms with Crippen molar-refractivity contribution in [3.63, 3.8) is 0 Å². The lowest BCUT2D eigenvalue weighted by Crippen LogP contribution is -2.53. The fraction of sp³-hybridized carbons (Fsp3) is 0.667. The van der Waals surface area contributed by atoms with Gasteiger partial charge in [0.1, 0.15) is 0 Å². The van der Waals surface area contributed by atoms with Gasteiger partial charge in [-0.3, -0.25) is 10.00 Å². The summed E-state index contributed by atoms with van der Waals surface area (Å²) in [5, 5.41) is 9.57. The van der Waals surface area contributed by atoms with Crippen LogP contribution in [0.1, 0.15) is 19.5 Å². The monoisotopic (exact) mass is 251 g/mol. The van der Waals surface area contributed by atoms with Crippen LogP contribution in [-0.4, -0.2) is 58.2 Å². The van der Waals surface area contributed by atoms with E-state index in [4.69, 9.17) is 0 Å². The minimum atomic E-state index is 0.00741. The molecule has 0 aliphatic carbocycles. The van der Waals surface area contributed by atoms with Crippen molar-refractivity contribution in [1.29, 1.82) is 0 Å². The molecule has 0 atom stereocenters. The van der Waals surface area contributed by atoms with Crippen molar-refractivity contribution >= 4 is 6.03 Å². The number of H-pyrrole nitrogens is 1. The van der Waals surface area contributed by atoms with E-state index in [1.54, 1.807) is 6.20 Å². The number of rotatable bonds is 3. The Kier molecular flexibility index (Phi) is 4.19. The van der Waals surface area contributed by atoms with E-state index < -0.39 is 0 Å². The van der Waals surface area contributed by atoms with E-state index in [1.807, 2.05) is 11.0 Å². The molecule has 0 spiro atoms. The second-order valence-corrected chi connectivity index (χ2v) is 4.86. The average molecular weight is 251 g/mol. The second kappa shape index (κ2) is 5.86. The van der Waals surface area contributed by atoms with Crippen LogP contribution in [0.5, 0.6) is 0 Å². The van der Waals surface area contributed by atoms with E-state index in [0.29, 0.717) is 12.6 Å². The molecule has 1 aliphatic heterocycles. The largest absolute Gasteiger partial charge is 0.332 e. The SMILES string of the molecule is CC(C)N1CCN(C(=O)NCc2ccn[nH]2)CC1. The molecule has 0 bridgehead atoms. The molecule has 0 radical (unpaired) electrons. The molecule has 0 aromatic carbocycles. The molecule has 100 valence electrons. The summed E-state index contributed by atoms with van der Waals surface area (Å²) in [6, 6.07) is 2.42. The first-order valence-electron chi connectivity index (χ1n) is 6.42. The van der Waals surface area contributed by atoms with E-state index in [1.165, 1.54) is 0 Å². The van der Waals surface area contributed by atoms with Crippen molar-refractivity contribution in [1.82, 2.24) is 25.3 Å². The number of hydrogen-bond donors (Lipinski definition) is 2. The fourth-order valence-corrected chi connectivity index (χ4v) is 2.11. The molecular formula is C12H21N5O. The highest BCUT2D eigenvalue weighted by Crippen LogP contribution is 2.06. The quantitative estimate of drug-likeness (QED) is 0.829. The highest BCUT2D eigenvalue weighted by molar-refractivity contribution is 5.74. The van der Waals surface area contributed by atoms with Gasteiger partial charge in [0, 0.05) is 38.4 Å². The molecule has 1 aliphatic rings. The first-order chi connectivity index (χ1) is 8.66. The van der Waals surface area contributed by atoms with Crippen LogP contribution in [0.3, 0.4) is 0 Å². The van der Waals surface area contributed by atoms with Gasteiger partial charge in [0.2, 0.25) is 0 Å². The van der Waals surface area contributed by atoms with Crippen LogP contribution in [0.15, 0.2) is 12.3 Å². The third kappa shape index (κ3) is 3.22. The standard InChI is InChI=1S/C12H21N5O/c1-10(2)16-5-7-17(8-6-16)12(18)13-9-11-3-4-14-15-11/h3-4,10H,5-9H2,1-2H3,(H,13,18)(H,14,15). The predicted molar refractivity (Wildman–Crippen MR) is 69.1 cm³/mol. The number of aromatic amines is 1. The van der Waals surface area contributed by atoms with Crippen LogP contribution in [0, 0.1) is 0 Å². The van der Waals surface area contributed by atoms with Crippen LogP contribution < -0.4 is 5.32 Å². The maximum atomic E-state index is 11.9. The zero-order chi connectivity index (χ0) is 13.0. The van der Waals surface area contributed by atoms with E-state index in [9.17, 15) is 4.79 Å². The zero-order valence-electron chi connectivity index (χ0n) is 11.0. The lowest BCUT2D eigenvalue weighted by atomic mass is 10.2. The van der Waals surface area contributed by atoms with Crippen molar-refractivity contribution in [2.45, 2.75) is 26.4 Å². The lowest BCUT2D eigenvalue weighted by molar-refractivity contribution is 0.119. The Morgan fingerprint density at radius 2 is 2.17 bits per heavy atom. The number of nitrogens with one attached hydrogen (secondary N) is 2. The molecule has 6 heteroatoms. The summed E-state index contributed by atoms with van der Waals surface area (Å²) in [6.07, 6.45) is 1.68. The molecule has 2 amide bonds. The molecule has 2 rings (SSSR count). The predicted octanol–water partition coefficient (Wildman–Crippen LogP) is 0.645. The summed E-state index contributed by atoms with van der Waals surface area (Å²) in [4.78, 5) is 16.2. The average Bonchev–Trinajstić information content (AvgIpc) is 2.89. The third-order valence-corrected chi connectivity index (χ3v) is 3.32. The van der Waals surface area contributed by atoms with Gasteiger partial charge in [-0.25, -0.2) is 4.79 Å². The minimum Gasteiger partial charge on any atom is -0.332 e. The highest BCUT2D eigenvalue weighted by Gasteiger charge is 2.21. The Bertz CT molecular complexity index is 368. The second-order valence-electron chi connectivity index (χ2n) is 4.86. The molecule has 1 aromatic heterocycles. The number of amides is 2. The third-order valence-electron chi connectivity index (χ3n) is 3.32. The number of aromatic nitrogens is 2. The van der Waals surface area contributed by atoms with Crippen LogP contribution in [0.4, 0.5) is 4.79 Å². The number of nitrogens with zero attached hydrogens (tertiary/aromatic N) is 3. The van der Waals surface area contributed by atoms with Crippen LogP contribution in [0.25, 0.3) is 0 Å². The molecule has 0 unspecified atom stereocenters. The highest BCUT2D eigenvalue weighted by atomic mass is 16.2. The Morgan fingerprint density at radius 3 is 2.72 bits per heavy atom. The topological polar surface area (TPSA) is 64.3 Å². The molecule has 1 saturated heterocycles. The van der Waals surface area contributed by atoms with Crippen molar-refractivity contribution in [3.8, 4) is 0 Å². The van der Waals surface area contributed by atoms with Crippen molar-refractivity contribution in [3.05, 3.63) is 18.0 Å². The van der Waals surface area contributed by atoms with Gasteiger partial charge in [-0.1, -0.05) is 0 Å². The maximum Gasteiger partial charge on any atom is 0.317 e. The van der Waals surface area contributed by atoms with E-state index >= 15 is 0 Å². The van der Waals surface area contributed by atoms with Gasteiger partial charge in [0.15, 0.2) is 0 Å². The molecule has 2 N–H and O–H groups in total. The number of piperazine rings is 1. The van der Waals surface area contributed by atoms with E-state index in [0.717, 1.165) is 31.9 Å². The first-order valence-corrected chi connectivity index (χ1v) is 6.42. The Balaban J connectivity index is 1.74. The summed E-state index contributed by atoms with van der Waals surface area (Å²) < 4.78 is 0. The Hall–Kier alpha value is -1.56. The van der Waals surface area contributed by atoms with Gasteiger partial charge in [0.05, 0.1) is 12.2 Å². The molecule has 0 saturated carbocycles. The molecule has 18 heavy (non-hydrogen) atoms. The number of hydrogen-bond acceptors (Lipinski definition) is 3. The minimum absolute atomic E-state index is 0.00741. The van der Waals surface area contributed by atoms with E-state index in [-0.39, 0.29) is 6.03 Å². The first kappa shape index (κ1) is 12.9. The van der Waals surface area contributed by atoms with E-state index in [2.05, 4.69) is 34.3 Å². The summed E-state index contributed by atoms with van der Waals surface area (Å²) in [5.74, 6) is 0. The Morgan fingerprint density at radius 1 is 1.44 bits per heavy atom. The van der Waals surface area contributed by atoms with Gasteiger partial charge in [-0.2, -0.15) is 5.10 Å². The summed E-state index contributed by atoms with van der Waals surface area (Å²) in [7, 11) is 0. The zero-order valence-corrected chi connectivity index (χ0v) is 11.0. The number of carbonyl (C=O) groups is 1. The fourth-order valence-electron chi connectivity index (χ4n) is 2.11. The van der Waals surface area contributed by atoms with Gasteiger partial charge < -0.3 is 10.2 Å². The molecular weight excluding hydrogens is 230 g/mol. The number of urea groups is 1. The molecule has 2 heterocycles. The summed E-state index contributed by atoms with van der Waals surface area (Å²) in [6.45, 7) is 8.38. The van der Waals surface area contributed by atoms with Gasteiger partial charge >= 0.3 is 6.03 Å². The lowest BCUT2D eigenvalue weighted by Gasteiger charge is -2.36. The molecule has 1 fully saturated rings. The molecule has 6 nitrogen and oxygen atoms in total.